The number of furan rings is 1. The van der Waals surface area contributed by atoms with E-state index in [1.807, 2.05) is 13.1 Å². The molecular formula is C13H22N2O2. The molecule has 1 fully saturated rings. The van der Waals surface area contributed by atoms with Crippen LogP contribution in [0.3, 0.4) is 0 Å². The molecule has 0 unspecified atom stereocenters. The Morgan fingerprint density at radius 2 is 2.35 bits per heavy atom. The van der Waals surface area contributed by atoms with Crippen molar-refractivity contribution in [2.45, 2.75) is 32.0 Å². The van der Waals surface area contributed by atoms with Crippen LogP contribution in [0.25, 0.3) is 0 Å². The zero-order valence-corrected chi connectivity index (χ0v) is 10.7. The van der Waals surface area contributed by atoms with E-state index in [2.05, 4.69) is 17.3 Å². The minimum absolute atomic E-state index is 0.645. The zero-order valence-electron chi connectivity index (χ0n) is 10.7. The van der Waals surface area contributed by atoms with E-state index in [0.717, 1.165) is 37.1 Å². The van der Waals surface area contributed by atoms with Crippen LogP contribution in [0.5, 0.6) is 0 Å². The van der Waals surface area contributed by atoms with Crippen molar-refractivity contribution in [2.75, 3.05) is 27.2 Å². The highest BCUT2D eigenvalue weighted by atomic mass is 16.5. The van der Waals surface area contributed by atoms with Gasteiger partial charge in [-0.1, -0.05) is 0 Å². The summed E-state index contributed by atoms with van der Waals surface area (Å²) in [6.45, 7) is 3.21. The smallest absolute Gasteiger partial charge is 0.123 e. The molecule has 1 saturated carbocycles. The largest absolute Gasteiger partial charge is 0.468 e. The topological polar surface area (TPSA) is 37.6 Å². The van der Waals surface area contributed by atoms with Crippen LogP contribution >= 0.6 is 0 Å². The molecule has 1 aliphatic carbocycles. The summed E-state index contributed by atoms with van der Waals surface area (Å²) in [5, 5.41) is 3.08. The predicted molar refractivity (Wildman–Crippen MR) is 66.8 cm³/mol. The van der Waals surface area contributed by atoms with Crippen molar-refractivity contribution < 1.29 is 9.15 Å². The first-order valence-corrected chi connectivity index (χ1v) is 6.29. The number of ether oxygens (including phenoxy) is 1. The molecular weight excluding hydrogens is 216 g/mol. The maximum Gasteiger partial charge on any atom is 0.123 e. The standard InChI is InChI=1S/C13H22N2O2/c1-14-9-13-11(5-7-17-13)10-16-8-6-15(2)12-3-4-12/h5,7,12,14H,3-4,6,8-10H2,1-2H3. The van der Waals surface area contributed by atoms with E-state index in [1.165, 1.54) is 12.8 Å². The summed E-state index contributed by atoms with van der Waals surface area (Å²) in [6, 6.07) is 2.80. The fourth-order valence-corrected chi connectivity index (χ4v) is 1.90. The molecule has 17 heavy (non-hydrogen) atoms. The van der Waals surface area contributed by atoms with Gasteiger partial charge in [-0.3, -0.25) is 0 Å². The summed E-state index contributed by atoms with van der Waals surface area (Å²) in [7, 11) is 4.09. The van der Waals surface area contributed by atoms with Crippen LogP contribution < -0.4 is 5.32 Å². The van der Waals surface area contributed by atoms with Crippen molar-refractivity contribution in [1.82, 2.24) is 10.2 Å². The highest BCUT2D eigenvalue weighted by Crippen LogP contribution is 2.24. The average Bonchev–Trinajstić information content (AvgIpc) is 3.08. The Labute approximate surface area is 103 Å². The molecule has 0 radical (unpaired) electrons. The van der Waals surface area contributed by atoms with Gasteiger partial charge in [0.25, 0.3) is 0 Å². The van der Waals surface area contributed by atoms with Gasteiger partial charge in [-0.15, -0.1) is 0 Å². The third-order valence-electron chi connectivity index (χ3n) is 3.19. The Hall–Kier alpha value is -0.840. The molecule has 0 aromatic carbocycles. The quantitative estimate of drug-likeness (QED) is 0.698. The van der Waals surface area contributed by atoms with E-state index in [4.69, 9.17) is 9.15 Å². The van der Waals surface area contributed by atoms with Crippen LogP contribution in [0.2, 0.25) is 0 Å². The molecule has 4 heteroatoms. The molecule has 0 aliphatic heterocycles. The number of likely N-dealkylation sites (N-methyl/N-ethyl adjacent to an activating group) is 1. The molecule has 1 N–H and O–H groups in total. The molecule has 1 aliphatic rings. The molecule has 4 nitrogen and oxygen atoms in total. The molecule has 1 aromatic rings. The first-order chi connectivity index (χ1) is 8.31. The number of nitrogens with one attached hydrogen (secondary N) is 1. The van der Waals surface area contributed by atoms with E-state index in [0.29, 0.717) is 6.61 Å². The van der Waals surface area contributed by atoms with Crippen LogP contribution in [0.15, 0.2) is 16.7 Å². The third kappa shape index (κ3) is 3.84. The summed E-state index contributed by atoms with van der Waals surface area (Å²) < 4.78 is 11.1. The van der Waals surface area contributed by atoms with Gasteiger partial charge in [0.1, 0.15) is 5.76 Å². The van der Waals surface area contributed by atoms with Gasteiger partial charge in [-0.05, 0) is 33.0 Å². The van der Waals surface area contributed by atoms with Crippen LogP contribution in [-0.4, -0.2) is 38.2 Å². The number of hydrogen-bond acceptors (Lipinski definition) is 4. The first-order valence-electron chi connectivity index (χ1n) is 6.29. The lowest BCUT2D eigenvalue weighted by Gasteiger charge is -2.15. The van der Waals surface area contributed by atoms with E-state index in [1.54, 1.807) is 6.26 Å². The highest BCUT2D eigenvalue weighted by molar-refractivity contribution is 5.15. The van der Waals surface area contributed by atoms with Crippen molar-refractivity contribution in [3.8, 4) is 0 Å². The average molecular weight is 238 g/mol. The molecule has 96 valence electrons. The van der Waals surface area contributed by atoms with Gasteiger partial charge >= 0.3 is 0 Å². The highest BCUT2D eigenvalue weighted by Gasteiger charge is 2.25. The molecule has 0 saturated heterocycles. The Morgan fingerprint density at radius 3 is 3.06 bits per heavy atom. The SMILES string of the molecule is CNCc1occc1COCCN(C)C1CC1. The molecule has 2 rings (SSSR count). The summed E-state index contributed by atoms with van der Waals surface area (Å²) in [5.41, 5.74) is 1.15. The van der Waals surface area contributed by atoms with Crippen molar-refractivity contribution in [3.05, 3.63) is 23.7 Å². The Bertz CT molecular complexity index is 334. The Morgan fingerprint density at radius 1 is 1.53 bits per heavy atom. The summed E-state index contributed by atoms with van der Waals surface area (Å²) in [4.78, 5) is 2.38. The molecule has 0 bridgehead atoms. The van der Waals surface area contributed by atoms with Gasteiger partial charge in [0.15, 0.2) is 0 Å². The Balaban J connectivity index is 1.64. The van der Waals surface area contributed by atoms with Gasteiger partial charge in [0, 0.05) is 18.2 Å². The van der Waals surface area contributed by atoms with Crippen LogP contribution in [-0.2, 0) is 17.9 Å². The Kier molecular flexibility index (Phi) is 4.59. The second kappa shape index (κ2) is 6.19. The molecule has 1 aromatic heterocycles. The second-order valence-corrected chi connectivity index (χ2v) is 4.66. The van der Waals surface area contributed by atoms with Gasteiger partial charge in [0.2, 0.25) is 0 Å². The minimum Gasteiger partial charge on any atom is -0.468 e. The van der Waals surface area contributed by atoms with Crippen molar-refractivity contribution in [2.24, 2.45) is 0 Å². The van der Waals surface area contributed by atoms with Gasteiger partial charge in [-0.2, -0.15) is 0 Å². The lowest BCUT2D eigenvalue weighted by Crippen LogP contribution is -2.25. The lowest BCUT2D eigenvalue weighted by molar-refractivity contribution is 0.0968. The summed E-state index contributed by atoms with van der Waals surface area (Å²) in [6.07, 6.45) is 4.43. The number of nitrogens with zero attached hydrogens (tertiary/aromatic N) is 1. The molecule has 0 amide bonds. The molecule has 0 spiro atoms. The van der Waals surface area contributed by atoms with Crippen molar-refractivity contribution in [3.63, 3.8) is 0 Å². The van der Waals surface area contributed by atoms with Crippen LogP contribution in [0.1, 0.15) is 24.2 Å². The van der Waals surface area contributed by atoms with Crippen LogP contribution in [0.4, 0.5) is 0 Å². The number of hydrogen-bond donors (Lipinski definition) is 1. The molecule has 1 heterocycles. The normalized spacial score (nSPS) is 15.7. The number of rotatable bonds is 8. The minimum atomic E-state index is 0.645. The van der Waals surface area contributed by atoms with Crippen molar-refractivity contribution >= 4 is 0 Å². The zero-order chi connectivity index (χ0) is 12.1. The third-order valence-corrected chi connectivity index (χ3v) is 3.19. The van der Waals surface area contributed by atoms with Crippen molar-refractivity contribution in [1.29, 1.82) is 0 Å². The summed E-state index contributed by atoms with van der Waals surface area (Å²) in [5.74, 6) is 0.975. The van der Waals surface area contributed by atoms with Gasteiger partial charge < -0.3 is 19.4 Å². The van der Waals surface area contributed by atoms with Crippen LogP contribution in [0, 0.1) is 0 Å². The fraction of sp³-hybridized carbons (Fsp3) is 0.692. The monoisotopic (exact) mass is 238 g/mol. The predicted octanol–water partition coefficient (Wildman–Crippen LogP) is 1.61. The van der Waals surface area contributed by atoms with Gasteiger partial charge in [0.05, 0.1) is 26.0 Å². The maximum atomic E-state index is 5.68. The van der Waals surface area contributed by atoms with Gasteiger partial charge in [-0.25, -0.2) is 0 Å². The fourth-order valence-electron chi connectivity index (χ4n) is 1.90. The summed E-state index contributed by atoms with van der Waals surface area (Å²) >= 11 is 0. The van der Waals surface area contributed by atoms with E-state index in [9.17, 15) is 0 Å². The van der Waals surface area contributed by atoms with E-state index in [-0.39, 0.29) is 0 Å². The second-order valence-electron chi connectivity index (χ2n) is 4.66. The first kappa shape index (κ1) is 12.6. The maximum absolute atomic E-state index is 5.68. The molecule has 0 atom stereocenters. The van der Waals surface area contributed by atoms with E-state index >= 15 is 0 Å². The van der Waals surface area contributed by atoms with E-state index < -0.39 is 0 Å². The lowest BCUT2D eigenvalue weighted by atomic mass is 10.2.